The number of aliphatic carboxylic acids is 1. The second kappa shape index (κ2) is 15.8. The van der Waals surface area contributed by atoms with Crippen molar-refractivity contribution in [3.8, 4) is 11.5 Å². The Kier molecular flexibility index (Phi) is 13.1. The topological polar surface area (TPSA) is 170 Å². The molecule has 0 bridgehead atoms. The van der Waals surface area contributed by atoms with E-state index in [1.54, 1.807) is 6.92 Å². The van der Waals surface area contributed by atoms with Crippen LogP contribution in [0.2, 0.25) is 0 Å². The van der Waals surface area contributed by atoms with Gasteiger partial charge in [0.25, 0.3) is 0 Å². The van der Waals surface area contributed by atoms with Gasteiger partial charge in [0, 0.05) is 5.92 Å². The summed E-state index contributed by atoms with van der Waals surface area (Å²) in [4.78, 5) is 49.2. The highest BCUT2D eigenvalue weighted by atomic mass is 16.7. The number of carbonyl (C=O) groups is 4. The van der Waals surface area contributed by atoms with Crippen molar-refractivity contribution in [3.05, 3.63) is 23.8 Å². The molecule has 1 aromatic rings. The third-order valence-electron chi connectivity index (χ3n) is 6.45. The summed E-state index contributed by atoms with van der Waals surface area (Å²) in [5, 5.41) is 9.74. The number of benzene rings is 1. The van der Waals surface area contributed by atoms with Crippen LogP contribution in [0.4, 0.5) is 14.4 Å². The predicted octanol–water partition coefficient (Wildman–Crippen LogP) is 6.57. The van der Waals surface area contributed by atoms with Crippen molar-refractivity contribution in [1.82, 2.24) is 0 Å². The molecule has 0 heterocycles. The molecule has 1 aliphatic rings. The quantitative estimate of drug-likeness (QED) is 0.157. The molecule has 2 unspecified atom stereocenters. The molecule has 0 aliphatic heterocycles. The minimum absolute atomic E-state index is 0.00890. The Morgan fingerprint density at radius 3 is 1.91 bits per heavy atom. The molecule has 0 saturated heterocycles. The Morgan fingerprint density at radius 1 is 0.860 bits per heavy atom. The number of hydrogen-bond acceptors (Lipinski definition) is 11. The fourth-order valence-corrected chi connectivity index (χ4v) is 4.29. The normalized spacial score (nSPS) is 16.3. The fourth-order valence-electron chi connectivity index (χ4n) is 4.29. The molecule has 242 valence electrons. The first-order valence-electron chi connectivity index (χ1n) is 14.6. The van der Waals surface area contributed by atoms with Gasteiger partial charge in [0.1, 0.15) is 18.2 Å². The smallest absolute Gasteiger partial charge is 0.480 e. The summed E-state index contributed by atoms with van der Waals surface area (Å²) in [5.74, 6) is -2.56. The molecule has 1 saturated carbocycles. The summed E-state index contributed by atoms with van der Waals surface area (Å²) in [5.41, 5.74) is 5.73. The van der Waals surface area contributed by atoms with Crippen molar-refractivity contribution >= 4 is 24.4 Å². The lowest BCUT2D eigenvalue weighted by Crippen LogP contribution is -2.38. The summed E-state index contributed by atoms with van der Waals surface area (Å²) in [7, 11) is 0. The van der Waals surface area contributed by atoms with E-state index < -0.39 is 42.5 Å². The lowest BCUT2D eigenvalue weighted by atomic mass is 9.87. The average Bonchev–Trinajstić information content (AvgIpc) is 2.89. The Balaban J connectivity index is 2.29. The van der Waals surface area contributed by atoms with Gasteiger partial charge in [-0.25, -0.2) is 14.4 Å². The van der Waals surface area contributed by atoms with Crippen molar-refractivity contribution in [2.24, 2.45) is 16.6 Å². The molecule has 1 aliphatic carbocycles. The first-order chi connectivity index (χ1) is 19.9. The van der Waals surface area contributed by atoms with Crippen molar-refractivity contribution in [1.29, 1.82) is 0 Å². The largest absolute Gasteiger partial charge is 0.513 e. The van der Waals surface area contributed by atoms with Crippen LogP contribution in [-0.4, -0.2) is 61.0 Å². The van der Waals surface area contributed by atoms with E-state index >= 15 is 0 Å². The number of carbonyl (C=O) groups excluding carboxylic acids is 3. The van der Waals surface area contributed by atoms with Crippen molar-refractivity contribution in [3.63, 3.8) is 0 Å². The molecular formula is C31H47NO11. The van der Waals surface area contributed by atoms with Gasteiger partial charge in [-0.2, -0.15) is 0 Å². The van der Waals surface area contributed by atoms with E-state index in [-0.39, 0.29) is 48.1 Å². The molecular weight excluding hydrogens is 562 g/mol. The van der Waals surface area contributed by atoms with Crippen LogP contribution in [0.5, 0.6) is 11.5 Å². The second-order valence-corrected chi connectivity index (χ2v) is 13.4. The number of carboxylic acid groups (broad SMARTS) is 1. The molecule has 43 heavy (non-hydrogen) atoms. The minimum Gasteiger partial charge on any atom is -0.480 e. The Morgan fingerprint density at radius 2 is 1.40 bits per heavy atom. The Labute approximate surface area is 253 Å². The van der Waals surface area contributed by atoms with Gasteiger partial charge in [0.05, 0.1) is 13.2 Å². The van der Waals surface area contributed by atoms with Crippen LogP contribution in [0, 0.1) is 10.8 Å². The predicted molar refractivity (Wildman–Crippen MR) is 156 cm³/mol. The number of carboxylic acids is 1. The zero-order valence-corrected chi connectivity index (χ0v) is 26.3. The first kappa shape index (κ1) is 35.7. The molecule has 0 radical (unpaired) electrons. The van der Waals surface area contributed by atoms with Crippen LogP contribution < -0.4 is 15.2 Å². The summed E-state index contributed by atoms with van der Waals surface area (Å²) in [6, 6.07) is 2.75. The molecule has 2 rings (SSSR count). The Hall–Kier alpha value is -3.54. The van der Waals surface area contributed by atoms with E-state index in [4.69, 9.17) is 34.2 Å². The van der Waals surface area contributed by atoms with Crippen LogP contribution in [0.1, 0.15) is 98.5 Å². The maximum absolute atomic E-state index is 12.5. The second-order valence-electron chi connectivity index (χ2n) is 13.4. The highest BCUT2D eigenvalue weighted by Crippen LogP contribution is 2.35. The minimum atomic E-state index is -1.41. The van der Waals surface area contributed by atoms with Crippen LogP contribution in [0.25, 0.3) is 0 Å². The highest BCUT2D eigenvalue weighted by molar-refractivity contribution is 5.75. The maximum Gasteiger partial charge on any atom is 0.513 e. The van der Waals surface area contributed by atoms with Gasteiger partial charge in [-0.15, -0.1) is 0 Å². The molecule has 3 atom stereocenters. The maximum atomic E-state index is 12.5. The van der Waals surface area contributed by atoms with E-state index in [0.29, 0.717) is 5.56 Å². The number of ether oxygens (including phenoxy) is 6. The lowest BCUT2D eigenvalue weighted by Gasteiger charge is -2.26. The molecule has 1 aromatic carbocycles. The van der Waals surface area contributed by atoms with E-state index in [1.807, 2.05) is 41.5 Å². The van der Waals surface area contributed by atoms with Gasteiger partial charge in [-0.05, 0) is 67.6 Å². The standard InChI is InChI=1S/C31H47NO11/c1-19(40-29(37)41-21-11-9-8-10-12-21)15-22(25(32)26(33)34)20-13-14-23(42-27(35)38-17-30(2,3)4)24(16-20)43-28(36)39-18-31(5,6)7/h13-14,16,19,21-22,25H,8-12,15,17-18,32H2,1-7H3,(H,33,34)/t19?,22?,25-/m0/s1. The van der Waals surface area contributed by atoms with E-state index in [9.17, 15) is 24.3 Å². The van der Waals surface area contributed by atoms with Gasteiger partial charge in [0.2, 0.25) is 0 Å². The van der Waals surface area contributed by atoms with Crippen LogP contribution in [0.15, 0.2) is 18.2 Å². The van der Waals surface area contributed by atoms with E-state index in [2.05, 4.69) is 0 Å². The molecule has 0 amide bonds. The van der Waals surface area contributed by atoms with Crippen molar-refractivity contribution < 1.29 is 52.7 Å². The van der Waals surface area contributed by atoms with E-state index in [1.165, 1.54) is 18.2 Å². The summed E-state index contributed by atoms with van der Waals surface area (Å²) in [6.45, 7) is 13.0. The van der Waals surface area contributed by atoms with Gasteiger partial charge < -0.3 is 39.3 Å². The van der Waals surface area contributed by atoms with Crippen LogP contribution in [0.3, 0.4) is 0 Å². The zero-order chi connectivity index (χ0) is 32.4. The first-order valence-corrected chi connectivity index (χ1v) is 14.6. The molecule has 0 aromatic heterocycles. The fraction of sp³-hybridized carbons (Fsp3) is 0.677. The summed E-state index contributed by atoms with van der Waals surface area (Å²) >= 11 is 0. The molecule has 3 N–H and O–H groups in total. The average molecular weight is 610 g/mol. The molecule has 12 heteroatoms. The van der Waals surface area contributed by atoms with Gasteiger partial charge >= 0.3 is 24.4 Å². The SMILES string of the molecule is CC(CC(c1ccc(OC(=O)OCC(C)(C)C)c(OC(=O)OCC(C)(C)C)c1)[C@H](N)C(=O)O)OC(=O)OC1CCCCC1. The molecule has 1 fully saturated rings. The monoisotopic (exact) mass is 609 g/mol. The summed E-state index contributed by atoms with van der Waals surface area (Å²) < 4.78 is 31.9. The van der Waals surface area contributed by atoms with Gasteiger partial charge in [-0.3, -0.25) is 4.79 Å². The third kappa shape index (κ3) is 13.5. The lowest BCUT2D eigenvalue weighted by molar-refractivity contribution is -0.139. The van der Waals surface area contributed by atoms with Crippen LogP contribution in [-0.2, 0) is 23.7 Å². The summed E-state index contributed by atoms with van der Waals surface area (Å²) in [6.07, 6.45) is 0.735. The Bertz CT molecular complexity index is 1100. The zero-order valence-electron chi connectivity index (χ0n) is 26.3. The van der Waals surface area contributed by atoms with Gasteiger partial charge in [0.15, 0.2) is 11.5 Å². The van der Waals surface area contributed by atoms with E-state index in [0.717, 1.165) is 32.1 Å². The number of rotatable bonds is 11. The molecule has 0 spiro atoms. The number of hydrogen-bond donors (Lipinski definition) is 2. The van der Waals surface area contributed by atoms with Crippen LogP contribution >= 0.6 is 0 Å². The highest BCUT2D eigenvalue weighted by Gasteiger charge is 2.31. The third-order valence-corrected chi connectivity index (χ3v) is 6.45. The van der Waals surface area contributed by atoms with Crippen molar-refractivity contribution in [2.45, 2.75) is 111 Å². The molecule has 12 nitrogen and oxygen atoms in total. The number of nitrogens with two attached hydrogens (primary N) is 1. The van der Waals surface area contributed by atoms with Crippen molar-refractivity contribution in [2.75, 3.05) is 13.2 Å². The van der Waals surface area contributed by atoms with Gasteiger partial charge in [-0.1, -0.05) is 54.0 Å².